The molecule has 1 aromatic heterocycles. The predicted octanol–water partition coefficient (Wildman–Crippen LogP) is 5.36. The Morgan fingerprint density at radius 3 is 2.40 bits per heavy atom. The quantitative estimate of drug-likeness (QED) is 0.714. The summed E-state index contributed by atoms with van der Waals surface area (Å²) in [6.45, 7) is 9.34. The van der Waals surface area contributed by atoms with Crippen LogP contribution in [-0.2, 0) is 6.61 Å². The lowest BCUT2D eigenvalue weighted by Gasteiger charge is -2.10. The number of thiazole rings is 1. The normalized spacial score (nSPS) is 12.7. The molecule has 20 heavy (non-hydrogen) atoms. The Bertz CT molecular complexity index is 530. The second-order valence-corrected chi connectivity index (χ2v) is 6.39. The van der Waals surface area contributed by atoms with Crippen LogP contribution in [0.5, 0.6) is 5.75 Å². The SMILES string of the molecule is CCC(C)c1ccc(OCc2csc(C(C)C)n2)cc1. The molecule has 0 aliphatic heterocycles. The molecule has 0 saturated carbocycles. The van der Waals surface area contributed by atoms with Gasteiger partial charge in [-0.25, -0.2) is 4.98 Å². The van der Waals surface area contributed by atoms with E-state index in [9.17, 15) is 0 Å². The van der Waals surface area contributed by atoms with E-state index >= 15 is 0 Å². The van der Waals surface area contributed by atoms with Gasteiger partial charge in [-0.2, -0.15) is 0 Å². The van der Waals surface area contributed by atoms with E-state index in [-0.39, 0.29) is 0 Å². The van der Waals surface area contributed by atoms with Gasteiger partial charge < -0.3 is 4.74 Å². The Kier molecular flexibility index (Phi) is 5.18. The average molecular weight is 289 g/mol. The third-order valence-corrected chi connectivity index (χ3v) is 4.71. The monoisotopic (exact) mass is 289 g/mol. The number of benzene rings is 1. The first kappa shape index (κ1) is 15.0. The highest BCUT2D eigenvalue weighted by atomic mass is 32.1. The summed E-state index contributed by atoms with van der Waals surface area (Å²) in [7, 11) is 0. The summed E-state index contributed by atoms with van der Waals surface area (Å²) in [5, 5.41) is 3.26. The molecule has 2 nitrogen and oxygen atoms in total. The van der Waals surface area contributed by atoms with Gasteiger partial charge in [-0.05, 0) is 30.0 Å². The van der Waals surface area contributed by atoms with Crippen molar-refractivity contribution in [1.82, 2.24) is 4.98 Å². The van der Waals surface area contributed by atoms with Gasteiger partial charge in [0.05, 0.1) is 10.7 Å². The van der Waals surface area contributed by atoms with Crippen LogP contribution in [0.1, 0.15) is 62.2 Å². The highest BCUT2D eigenvalue weighted by Gasteiger charge is 2.07. The maximum atomic E-state index is 5.80. The molecule has 3 heteroatoms. The van der Waals surface area contributed by atoms with Crippen molar-refractivity contribution in [3.63, 3.8) is 0 Å². The van der Waals surface area contributed by atoms with Gasteiger partial charge in [-0.1, -0.05) is 39.8 Å². The van der Waals surface area contributed by atoms with E-state index in [1.807, 2.05) is 0 Å². The Labute approximate surface area is 125 Å². The standard InChI is InChI=1S/C17H23NOS/c1-5-13(4)14-6-8-16(9-7-14)19-10-15-11-20-17(18-15)12(2)3/h6-9,11-13H,5,10H2,1-4H3. The molecule has 0 amide bonds. The van der Waals surface area contributed by atoms with Crippen LogP contribution in [0.4, 0.5) is 0 Å². The minimum absolute atomic E-state index is 0.489. The molecule has 0 aliphatic rings. The number of hydrogen-bond donors (Lipinski definition) is 0. The van der Waals surface area contributed by atoms with Crippen LogP contribution in [-0.4, -0.2) is 4.98 Å². The zero-order valence-corrected chi connectivity index (χ0v) is 13.5. The van der Waals surface area contributed by atoms with Gasteiger partial charge in [0.25, 0.3) is 0 Å². The number of nitrogens with zero attached hydrogens (tertiary/aromatic N) is 1. The van der Waals surface area contributed by atoms with Crippen molar-refractivity contribution in [3.8, 4) is 5.75 Å². The Morgan fingerprint density at radius 1 is 1.15 bits per heavy atom. The van der Waals surface area contributed by atoms with Gasteiger partial charge in [-0.15, -0.1) is 11.3 Å². The van der Waals surface area contributed by atoms with Crippen molar-refractivity contribution in [3.05, 3.63) is 45.9 Å². The summed E-state index contributed by atoms with van der Waals surface area (Å²) in [5.41, 5.74) is 2.39. The van der Waals surface area contributed by atoms with E-state index in [2.05, 4.69) is 62.3 Å². The van der Waals surface area contributed by atoms with Crippen LogP contribution in [0.15, 0.2) is 29.6 Å². The molecule has 0 spiro atoms. The first-order valence-electron chi connectivity index (χ1n) is 7.27. The van der Waals surface area contributed by atoms with Gasteiger partial charge in [0.15, 0.2) is 0 Å². The first-order chi connectivity index (χ1) is 9.60. The fourth-order valence-corrected chi connectivity index (χ4v) is 2.76. The molecule has 1 heterocycles. The Hall–Kier alpha value is -1.35. The summed E-state index contributed by atoms with van der Waals surface area (Å²) >= 11 is 1.71. The van der Waals surface area contributed by atoms with Crippen molar-refractivity contribution in [2.45, 2.75) is 52.6 Å². The maximum Gasteiger partial charge on any atom is 0.131 e. The smallest absolute Gasteiger partial charge is 0.131 e. The molecule has 0 bridgehead atoms. The second-order valence-electron chi connectivity index (χ2n) is 5.50. The van der Waals surface area contributed by atoms with Crippen LogP contribution in [0, 0.1) is 0 Å². The average Bonchev–Trinajstić information content (AvgIpc) is 2.94. The highest BCUT2D eigenvalue weighted by molar-refractivity contribution is 7.09. The summed E-state index contributed by atoms with van der Waals surface area (Å²) in [6.07, 6.45) is 1.16. The van der Waals surface area contributed by atoms with Crippen LogP contribution in [0.25, 0.3) is 0 Å². The molecule has 0 fully saturated rings. The number of hydrogen-bond acceptors (Lipinski definition) is 3. The summed E-state index contributed by atoms with van der Waals surface area (Å²) in [4.78, 5) is 4.58. The van der Waals surface area contributed by atoms with Gasteiger partial charge in [0.2, 0.25) is 0 Å². The van der Waals surface area contributed by atoms with Crippen LogP contribution in [0.3, 0.4) is 0 Å². The van der Waals surface area contributed by atoms with Crippen LogP contribution >= 0.6 is 11.3 Å². The third-order valence-electron chi connectivity index (χ3n) is 3.51. The van der Waals surface area contributed by atoms with E-state index in [1.54, 1.807) is 11.3 Å². The molecule has 2 aromatic rings. The van der Waals surface area contributed by atoms with Gasteiger partial charge in [0.1, 0.15) is 12.4 Å². The Morgan fingerprint density at radius 2 is 1.85 bits per heavy atom. The predicted molar refractivity (Wildman–Crippen MR) is 85.7 cm³/mol. The van der Waals surface area contributed by atoms with Crippen molar-refractivity contribution in [1.29, 1.82) is 0 Å². The lowest BCUT2D eigenvalue weighted by atomic mass is 9.99. The van der Waals surface area contributed by atoms with E-state index < -0.39 is 0 Å². The van der Waals surface area contributed by atoms with Crippen molar-refractivity contribution in [2.24, 2.45) is 0 Å². The summed E-state index contributed by atoms with van der Waals surface area (Å²) in [5.74, 6) is 2.01. The minimum Gasteiger partial charge on any atom is -0.487 e. The maximum absolute atomic E-state index is 5.80. The lowest BCUT2D eigenvalue weighted by molar-refractivity contribution is 0.301. The zero-order valence-electron chi connectivity index (χ0n) is 12.7. The zero-order chi connectivity index (χ0) is 14.5. The fraction of sp³-hybridized carbons (Fsp3) is 0.471. The second kappa shape index (κ2) is 6.89. The molecule has 0 aliphatic carbocycles. The van der Waals surface area contributed by atoms with E-state index in [0.717, 1.165) is 17.9 Å². The van der Waals surface area contributed by atoms with Crippen molar-refractivity contribution < 1.29 is 4.74 Å². The molecular weight excluding hydrogens is 266 g/mol. The number of ether oxygens (including phenoxy) is 1. The van der Waals surface area contributed by atoms with Gasteiger partial charge in [0, 0.05) is 11.3 Å². The lowest BCUT2D eigenvalue weighted by Crippen LogP contribution is -1.97. The Balaban J connectivity index is 1.93. The molecule has 1 atom stereocenters. The fourth-order valence-electron chi connectivity index (χ4n) is 1.94. The van der Waals surface area contributed by atoms with Crippen molar-refractivity contribution >= 4 is 11.3 Å². The van der Waals surface area contributed by atoms with Gasteiger partial charge in [-0.3, -0.25) is 0 Å². The molecule has 2 rings (SSSR count). The number of rotatable bonds is 6. The van der Waals surface area contributed by atoms with E-state index in [0.29, 0.717) is 18.4 Å². The molecule has 0 radical (unpaired) electrons. The molecule has 0 saturated heterocycles. The van der Waals surface area contributed by atoms with Crippen LogP contribution < -0.4 is 4.74 Å². The molecule has 0 N–H and O–H groups in total. The third kappa shape index (κ3) is 3.83. The molecule has 1 aromatic carbocycles. The molecule has 1 unspecified atom stereocenters. The van der Waals surface area contributed by atoms with E-state index in [4.69, 9.17) is 4.74 Å². The van der Waals surface area contributed by atoms with Crippen LogP contribution in [0.2, 0.25) is 0 Å². The first-order valence-corrected chi connectivity index (χ1v) is 8.15. The summed E-state index contributed by atoms with van der Waals surface area (Å²) in [6, 6.07) is 8.42. The number of aromatic nitrogens is 1. The molecule has 108 valence electrons. The largest absolute Gasteiger partial charge is 0.487 e. The minimum atomic E-state index is 0.489. The topological polar surface area (TPSA) is 22.1 Å². The van der Waals surface area contributed by atoms with E-state index in [1.165, 1.54) is 10.6 Å². The highest BCUT2D eigenvalue weighted by Crippen LogP contribution is 2.23. The summed E-state index contributed by atoms with van der Waals surface area (Å²) < 4.78 is 5.80. The van der Waals surface area contributed by atoms with Crippen molar-refractivity contribution in [2.75, 3.05) is 0 Å². The molecular formula is C17H23NOS. The van der Waals surface area contributed by atoms with Gasteiger partial charge >= 0.3 is 0 Å².